The minimum atomic E-state index is -0.150. The van der Waals surface area contributed by atoms with Crippen LogP contribution in [-0.2, 0) is 17.8 Å². The number of thioether (sulfide) groups is 1. The van der Waals surface area contributed by atoms with Crippen LogP contribution in [0.1, 0.15) is 24.3 Å². The van der Waals surface area contributed by atoms with E-state index in [1.807, 2.05) is 0 Å². The highest BCUT2D eigenvalue weighted by atomic mass is 35.5. The molecule has 0 atom stereocenters. The Bertz CT molecular complexity index is 936. The predicted octanol–water partition coefficient (Wildman–Crippen LogP) is 4.68. The van der Waals surface area contributed by atoms with E-state index in [2.05, 4.69) is 51.2 Å². The Morgan fingerprint density at radius 1 is 1.33 bits per heavy atom. The molecule has 3 aromatic heterocycles. The summed E-state index contributed by atoms with van der Waals surface area (Å²) in [4.78, 5) is 17.6. The van der Waals surface area contributed by atoms with Gasteiger partial charge in [-0.15, -0.1) is 21.5 Å². The Balaban J connectivity index is 1.71. The Kier molecular flexibility index (Phi) is 6.51. The first-order chi connectivity index (χ1) is 13.0. The molecular weight excluding hydrogens is 402 g/mol. The summed E-state index contributed by atoms with van der Waals surface area (Å²) in [5, 5.41) is 14.8. The molecule has 3 rings (SSSR count). The van der Waals surface area contributed by atoms with Crippen LogP contribution in [0.15, 0.2) is 28.9 Å². The van der Waals surface area contributed by atoms with Gasteiger partial charge in [-0.1, -0.05) is 30.3 Å². The van der Waals surface area contributed by atoms with Gasteiger partial charge in [0.2, 0.25) is 5.91 Å². The van der Waals surface area contributed by atoms with Crippen molar-refractivity contribution < 1.29 is 4.79 Å². The lowest BCUT2D eigenvalue weighted by atomic mass is 10.1. The van der Waals surface area contributed by atoms with Crippen molar-refractivity contribution in [3.63, 3.8) is 0 Å². The molecule has 0 aliphatic carbocycles. The number of aryl methyl sites for hydroxylation is 1. The molecule has 3 aromatic rings. The third kappa shape index (κ3) is 4.51. The van der Waals surface area contributed by atoms with Crippen LogP contribution in [0.4, 0.5) is 5.82 Å². The number of rotatable bonds is 7. The van der Waals surface area contributed by atoms with Gasteiger partial charge >= 0.3 is 0 Å². The van der Waals surface area contributed by atoms with Gasteiger partial charge in [-0.3, -0.25) is 4.79 Å². The molecule has 0 fully saturated rings. The van der Waals surface area contributed by atoms with Gasteiger partial charge in [0.15, 0.2) is 11.0 Å². The van der Waals surface area contributed by atoms with Crippen molar-refractivity contribution >= 4 is 46.4 Å². The summed E-state index contributed by atoms with van der Waals surface area (Å²) >= 11 is 8.90. The molecule has 0 saturated heterocycles. The number of carbonyl (C=O) groups is 1. The molecule has 0 aromatic carbocycles. The standard InChI is InChI=1S/C18H20ClN5OS2/c1-4-13-11(3)26-9-14(13)17-22-23-18(24(17)5-2)27-10-16(25)21-15-7-6-12(19)8-20-15/h6-9H,4-5,10H2,1-3H3,(H,20,21,25). The van der Waals surface area contributed by atoms with E-state index in [1.54, 1.807) is 23.5 Å². The summed E-state index contributed by atoms with van der Waals surface area (Å²) in [6.45, 7) is 7.07. The van der Waals surface area contributed by atoms with Crippen LogP contribution < -0.4 is 5.32 Å². The molecule has 142 valence electrons. The lowest BCUT2D eigenvalue weighted by molar-refractivity contribution is -0.113. The summed E-state index contributed by atoms with van der Waals surface area (Å²) in [6.07, 6.45) is 2.46. The molecule has 9 heteroatoms. The summed E-state index contributed by atoms with van der Waals surface area (Å²) < 4.78 is 2.05. The highest BCUT2D eigenvalue weighted by molar-refractivity contribution is 7.99. The first-order valence-electron chi connectivity index (χ1n) is 8.58. The van der Waals surface area contributed by atoms with E-state index < -0.39 is 0 Å². The van der Waals surface area contributed by atoms with Gasteiger partial charge in [-0.2, -0.15) is 0 Å². The molecule has 0 radical (unpaired) electrons. The van der Waals surface area contributed by atoms with Crippen LogP contribution >= 0.6 is 34.7 Å². The van der Waals surface area contributed by atoms with Crippen molar-refractivity contribution in [3.05, 3.63) is 39.2 Å². The third-order valence-corrected chi connectivity index (χ3v) is 6.20. The normalized spacial score (nSPS) is 11.0. The van der Waals surface area contributed by atoms with Gasteiger partial charge in [0.1, 0.15) is 5.82 Å². The van der Waals surface area contributed by atoms with E-state index in [4.69, 9.17) is 11.6 Å². The van der Waals surface area contributed by atoms with Crippen molar-refractivity contribution in [3.8, 4) is 11.4 Å². The van der Waals surface area contributed by atoms with E-state index in [0.717, 1.165) is 29.5 Å². The van der Waals surface area contributed by atoms with Crippen molar-refractivity contribution in [1.29, 1.82) is 0 Å². The number of halogens is 1. The number of hydrogen-bond donors (Lipinski definition) is 1. The van der Waals surface area contributed by atoms with E-state index in [0.29, 0.717) is 10.8 Å². The van der Waals surface area contributed by atoms with Crippen molar-refractivity contribution in [2.75, 3.05) is 11.1 Å². The SMILES string of the molecule is CCc1c(-c2nnc(SCC(=O)Nc3ccc(Cl)cn3)n2CC)csc1C. The minimum absolute atomic E-state index is 0.150. The average Bonchev–Trinajstić information content (AvgIpc) is 3.24. The highest BCUT2D eigenvalue weighted by Crippen LogP contribution is 2.32. The molecule has 27 heavy (non-hydrogen) atoms. The molecule has 0 unspecified atom stereocenters. The van der Waals surface area contributed by atoms with Crippen LogP contribution in [0.2, 0.25) is 5.02 Å². The average molecular weight is 422 g/mol. The smallest absolute Gasteiger partial charge is 0.236 e. The lowest BCUT2D eigenvalue weighted by Gasteiger charge is -2.08. The van der Waals surface area contributed by atoms with Crippen molar-refractivity contribution in [2.24, 2.45) is 0 Å². The monoisotopic (exact) mass is 421 g/mol. The van der Waals surface area contributed by atoms with Crippen LogP contribution in [-0.4, -0.2) is 31.4 Å². The zero-order valence-corrected chi connectivity index (χ0v) is 17.7. The number of anilines is 1. The number of hydrogen-bond acceptors (Lipinski definition) is 6. The number of nitrogens with one attached hydrogen (secondary N) is 1. The number of carbonyl (C=O) groups excluding carboxylic acids is 1. The van der Waals surface area contributed by atoms with E-state index >= 15 is 0 Å². The zero-order valence-electron chi connectivity index (χ0n) is 15.3. The Labute approximate surface area is 171 Å². The van der Waals surface area contributed by atoms with Crippen LogP contribution in [0.3, 0.4) is 0 Å². The summed E-state index contributed by atoms with van der Waals surface area (Å²) in [5.74, 6) is 1.42. The van der Waals surface area contributed by atoms with Gasteiger partial charge in [0.05, 0.1) is 10.8 Å². The summed E-state index contributed by atoms with van der Waals surface area (Å²) in [7, 11) is 0. The van der Waals surface area contributed by atoms with E-state index in [1.165, 1.54) is 28.4 Å². The highest BCUT2D eigenvalue weighted by Gasteiger charge is 2.18. The second-order valence-corrected chi connectivity index (χ2v) is 8.25. The molecule has 1 N–H and O–H groups in total. The second-order valence-electron chi connectivity index (χ2n) is 5.79. The molecule has 3 heterocycles. The maximum Gasteiger partial charge on any atom is 0.236 e. The number of thiophene rings is 1. The molecule has 1 amide bonds. The number of pyridine rings is 1. The van der Waals surface area contributed by atoms with Gasteiger partial charge in [0.25, 0.3) is 0 Å². The number of aromatic nitrogens is 4. The fraction of sp³-hybridized carbons (Fsp3) is 0.333. The summed E-state index contributed by atoms with van der Waals surface area (Å²) in [5.41, 5.74) is 2.45. The van der Waals surface area contributed by atoms with Gasteiger partial charge in [-0.05, 0) is 38.0 Å². The Morgan fingerprint density at radius 3 is 2.81 bits per heavy atom. The third-order valence-electron chi connectivity index (χ3n) is 4.06. The maximum absolute atomic E-state index is 12.2. The fourth-order valence-electron chi connectivity index (χ4n) is 2.74. The zero-order chi connectivity index (χ0) is 19.4. The summed E-state index contributed by atoms with van der Waals surface area (Å²) in [6, 6.07) is 3.36. The predicted molar refractivity (Wildman–Crippen MR) is 112 cm³/mol. The Hall–Kier alpha value is -1.90. The van der Waals surface area contributed by atoms with Crippen LogP contribution in [0.5, 0.6) is 0 Å². The fourth-order valence-corrected chi connectivity index (χ4v) is 4.60. The first kappa shape index (κ1) is 19.9. The topological polar surface area (TPSA) is 72.7 Å². The first-order valence-corrected chi connectivity index (χ1v) is 10.8. The molecule has 0 spiro atoms. The molecule has 0 saturated carbocycles. The lowest BCUT2D eigenvalue weighted by Crippen LogP contribution is -2.15. The molecule has 0 aliphatic rings. The van der Waals surface area contributed by atoms with Gasteiger partial charge < -0.3 is 9.88 Å². The van der Waals surface area contributed by atoms with Crippen molar-refractivity contribution in [1.82, 2.24) is 19.7 Å². The maximum atomic E-state index is 12.2. The molecule has 0 aliphatic heterocycles. The van der Waals surface area contributed by atoms with E-state index in [9.17, 15) is 4.79 Å². The second kappa shape index (κ2) is 8.86. The Morgan fingerprint density at radius 2 is 2.15 bits per heavy atom. The minimum Gasteiger partial charge on any atom is -0.310 e. The molecule has 0 bridgehead atoms. The number of amides is 1. The number of nitrogens with zero attached hydrogens (tertiary/aromatic N) is 4. The van der Waals surface area contributed by atoms with E-state index in [-0.39, 0.29) is 11.7 Å². The van der Waals surface area contributed by atoms with Crippen LogP contribution in [0, 0.1) is 6.92 Å². The quantitative estimate of drug-likeness (QED) is 0.561. The molecule has 6 nitrogen and oxygen atoms in total. The van der Waals surface area contributed by atoms with Crippen molar-refractivity contribution in [2.45, 2.75) is 38.9 Å². The van der Waals surface area contributed by atoms with Gasteiger partial charge in [0, 0.05) is 28.6 Å². The van der Waals surface area contributed by atoms with Crippen LogP contribution in [0.25, 0.3) is 11.4 Å². The molecular formula is C18H20ClN5OS2. The largest absolute Gasteiger partial charge is 0.310 e. The van der Waals surface area contributed by atoms with Gasteiger partial charge in [-0.25, -0.2) is 4.98 Å².